The largest absolute Gasteiger partial charge is 0.478 e. The number of carboxylic acid groups (broad SMARTS) is 1. The van der Waals surface area contributed by atoms with E-state index in [2.05, 4.69) is 64.5 Å². The van der Waals surface area contributed by atoms with E-state index < -0.39 is 5.97 Å². The van der Waals surface area contributed by atoms with Gasteiger partial charge in [-0.15, -0.1) is 11.3 Å². The number of hydrogen-bond donors (Lipinski definition) is 2. The monoisotopic (exact) mass is 654 g/mol. The fraction of sp³-hybridized carbons (Fsp3) is 0.634. The Morgan fingerprint density at radius 3 is 2.30 bits per heavy atom. The third kappa shape index (κ3) is 4.55. The van der Waals surface area contributed by atoms with E-state index in [1.54, 1.807) is 23.5 Å². The topological polar surface area (TPSA) is 79.3 Å². The van der Waals surface area contributed by atoms with Crippen LogP contribution in [0.25, 0.3) is 5.57 Å². The molecule has 5 aliphatic carbocycles. The zero-order valence-corrected chi connectivity index (χ0v) is 30.4. The Morgan fingerprint density at radius 2 is 1.66 bits per heavy atom. The second-order valence-electron chi connectivity index (χ2n) is 17.5. The summed E-state index contributed by atoms with van der Waals surface area (Å²) < 4.78 is 0. The maximum Gasteiger partial charge on any atom is 0.335 e. The Labute approximate surface area is 285 Å². The number of aryl methyl sites for hydroxylation is 1. The fourth-order valence-corrected chi connectivity index (χ4v) is 13.7. The van der Waals surface area contributed by atoms with Crippen molar-refractivity contribution in [1.82, 2.24) is 4.98 Å². The van der Waals surface area contributed by atoms with Gasteiger partial charge in [0, 0.05) is 11.1 Å². The van der Waals surface area contributed by atoms with Crippen molar-refractivity contribution in [3.63, 3.8) is 0 Å². The van der Waals surface area contributed by atoms with Crippen molar-refractivity contribution in [3.8, 4) is 0 Å². The second-order valence-corrected chi connectivity index (χ2v) is 18.7. The summed E-state index contributed by atoms with van der Waals surface area (Å²) in [4.78, 5) is 31.6. The van der Waals surface area contributed by atoms with Crippen molar-refractivity contribution < 1.29 is 14.7 Å². The van der Waals surface area contributed by atoms with Crippen LogP contribution in [0.5, 0.6) is 0 Å². The fourth-order valence-electron chi connectivity index (χ4n) is 13.1. The smallest absolute Gasteiger partial charge is 0.335 e. The molecule has 252 valence electrons. The molecule has 0 saturated heterocycles. The van der Waals surface area contributed by atoms with Crippen LogP contribution in [0, 0.1) is 63.6 Å². The van der Waals surface area contributed by atoms with Crippen LogP contribution >= 0.6 is 11.3 Å². The number of hydrogen-bond acceptors (Lipinski definition) is 4. The van der Waals surface area contributed by atoms with E-state index in [0.717, 1.165) is 47.7 Å². The number of aromatic nitrogens is 1. The maximum atomic E-state index is 14.4. The van der Waals surface area contributed by atoms with E-state index in [4.69, 9.17) is 0 Å². The van der Waals surface area contributed by atoms with Gasteiger partial charge in [0.25, 0.3) is 0 Å². The number of thiazole rings is 1. The summed E-state index contributed by atoms with van der Waals surface area (Å²) in [5.74, 6) is 1.71. The number of carbonyl (C=O) groups is 2. The highest BCUT2D eigenvalue weighted by atomic mass is 32.1. The molecule has 7 rings (SSSR count). The third-order valence-corrected chi connectivity index (χ3v) is 16.2. The molecule has 1 heterocycles. The average Bonchev–Trinajstić information content (AvgIpc) is 3.61. The van der Waals surface area contributed by atoms with Gasteiger partial charge in [-0.3, -0.25) is 4.79 Å². The number of carbonyl (C=O) groups excluding carboxylic acids is 1. The van der Waals surface area contributed by atoms with E-state index in [9.17, 15) is 14.7 Å². The lowest BCUT2D eigenvalue weighted by Crippen LogP contribution is -2.66. The van der Waals surface area contributed by atoms with E-state index in [-0.39, 0.29) is 33.0 Å². The molecule has 4 fully saturated rings. The minimum atomic E-state index is -0.876. The number of nitrogens with one attached hydrogen (secondary N) is 1. The number of nitrogens with zero attached hydrogens (tertiary/aromatic N) is 1. The lowest BCUT2D eigenvalue weighted by molar-refractivity contribution is -0.224. The van der Waals surface area contributed by atoms with E-state index in [1.807, 2.05) is 25.3 Å². The van der Waals surface area contributed by atoms with Crippen LogP contribution in [0.2, 0.25) is 0 Å². The van der Waals surface area contributed by atoms with Gasteiger partial charge in [0.2, 0.25) is 5.91 Å². The molecule has 9 atom stereocenters. The van der Waals surface area contributed by atoms with Crippen molar-refractivity contribution in [2.24, 2.45) is 56.7 Å². The van der Waals surface area contributed by atoms with Crippen LogP contribution in [-0.4, -0.2) is 22.0 Å². The molecule has 47 heavy (non-hydrogen) atoms. The van der Waals surface area contributed by atoms with Crippen LogP contribution in [-0.2, 0) is 4.79 Å². The molecular weight excluding hydrogens is 601 g/mol. The predicted molar refractivity (Wildman–Crippen MR) is 191 cm³/mol. The van der Waals surface area contributed by atoms with E-state index in [1.165, 1.54) is 36.8 Å². The van der Waals surface area contributed by atoms with Crippen LogP contribution in [0.15, 0.2) is 48.7 Å². The molecule has 1 amide bonds. The molecule has 6 heteroatoms. The molecule has 3 unspecified atom stereocenters. The van der Waals surface area contributed by atoms with Crippen LogP contribution < -0.4 is 5.32 Å². The lowest BCUT2D eigenvalue weighted by atomic mass is 9.32. The summed E-state index contributed by atoms with van der Waals surface area (Å²) in [7, 11) is 0. The first-order valence-corrected chi connectivity index (χ1v) is 18.8. The van der Waals surface area contributed by atoms with Gasteiger partial charge in [0.15, 0.2) is 5.13 Å². The summed E-state index contributed by atoms with van der Waals surface area (Å²) in [6.07, 6.45) is 14.3. The number of benzene rings is 1. The number of aromatic carboxylic acids is 1. The zero-order valence-electron chi connectivity index (χ0n) is 29.5. The Hall–Kier alpha value is -2.73. The summed E-state index contributed by atoms with van der Waals surface area (Å²) in [6, 6.07) is 7.54. The van der Waals surface area contributed by atoms with Crippen molar-refractivity contribution in [2.75, 3.05) is 5.32 Å². The number of amides is 1. The van der Waals surface area contributed by atoms with Gasteiger partial charge >= 0.3 is 5.97 Å². The molecule has 0 spiro atoms. The molecule has 2 N–H and O–H groups in total. The first kappa shape index (κ1) is 32.8. The van der Waals surface area contributed by atoms with Gasteiger partial charge in [-0.05, 0) is 146 Å². The minimum absolute atomic E-state index is 0.0126. The number of rotatable bonds is 5. The molecule has 0 bridgehead atoms. The Morgan fingerprint density at radius 1 is 0.936 bits per heavy atom. The second kappa shape index (κ2) is 10.9. The van der Waals surface area contributed by atoms with E-state index >= 15 is 0 Å². The number of allylic oxidation sites excluding steroid dienone is 3. The molecular formula is C41H54N2O3S. The molecule has 5 aliphatic rings. The number of fused-ring (bicyclic) bond motifs is 7. The molecule has 1 aromatic carbocycles. The van der Waals surface area contributed by atoms with Gasteiger partial charge < -0.3 is 10.4 Å². The summed E-state index contributed by atoms with van der Waals surface area (Å²) >= 11 is 1.58. The summed E-state index contributed by atoms with van der Waals surface area (Å²) in [6.45, 7) is 21.5. The van der Waals surface area contributed by atoms with Crippen molar-refractivity contribution in [2.45, 2.75) is 106 Å². The van der Waals surface area contributed by atoms with Gasteiger partial charge in [0.1, 0.15) is 0 Å². The van der Waals surface area contributed by atoms with Crippen molar-refractivity contribution in [3.05, 3.63) is 64.7 Å². The van der Waals surface area contributed by atoms with Crippen LogP contribution in [0.1, 0.15) is 120 Å². The first-order valence-electron chi connectivity index (χ1n) is 18.0. The molecule has 0 aliphatic heterocycles. The highest BCUT2D eigenvalue weighted by molar-refractivity contribution is 7.15. The Kier molecular flexibility index (Phi) is 7.60. The average molecular weight is 655 g/mol. The van der Waals surface area contributed by atoms with E-state index in [0.29, 0.717) is 35.2 Å². The number of carboxylic acids is 1. The third-order valence-electron chi connectivity index (χ3n) is 15.4. The van der Waals surface area contributed by atoms with Gasteiger partial charge in [-0.2, -0.15) is 0 Å². The van der Waals surface area contributed by atoms with Crippen molar-refractivity contribution >= 4 is 33.9 Å². The molecule has 0 radical (unpaired) electrons. The summed E-state index contributed by atoms with van der Waals surface area (Å²) in [5.41, 5.74) is 4.32. The standard InChI is InChI=1S/C41H54N2O3S/c1-24(2)28-15-20-41(35(46)43-36-42-23-25(3)47-36)22-21-39(7)30(33(28)41)13-14-32-38(6)18-16-29(26-9-11-27(12-10-26)34(44)45)37(4,5)31(38)17-19-40(32,39)8/h9-12,16,23,28,30-33H,1,13-15,17-22H2,2-8H3,(H,44,45)(H,42,43,46)/t28-,30+,31?,32?,33?,38-,39+,40+,41-/m0/s1. The van der Waals surface area contributed by atoms with Crippen LogP contribution in [0.4, 0.5) is 5.13 Å². The molecule has 4 saturated carbocycles. The molecule has 1 aromatic heterocycles. The molecule has 5 nitrogen and oxygen atoms in total. The normalized spacial score (nSPS) is 40.2. The van der Waals surface area contributed by atoms with Gasteiger partial charge in [-0.25, -0.2) is 9.78 Å². The van der Waals surface area contributed by atoms with Crippen molar-refractivity contribution in [1.29, 1.82) is 0 Å². The lowest BCUT2D eigenvalue weighted by Gasteiger charge is -2.72. The highest BCUT2D eigenvalue weighted by Crippen LogP contribution is 2.77. The van der Waals surface area contributed by atoms with Gasteiger partial charge in [0.05, 0.1) is 11.0 Å². The first-order chi connectivity index (χ1) is 22.1. The van der Waals surface area contributed by atoms with Gasteiger partial charge in [-0.1, -0.05) is 65.0 Å². The SMILES string of the molecule is C=C(C)[C@@H]1CC[C@]2(C(=O)Nc3ncc(C)s3)CC[C@]3(C)[C@H](CCC4[C@@]5(C)CC=C(c6ccc(C(=O)O)cc6)C(C)(C)C5CC[C@]43C)C12. The minimum Gasteiger partial charge on any atom is -0.478 e. The number of anilines is 1. The quantitative estimate of drug-likeness (QED) is 0.315. The predicted octanol–water partition coefficient (Wildman–Crippen LogP) is 10.4. The Balaban J connectivity index is 1.22. The highest BCUT2D eigenvalue weighted by Gasteiger charge is 2.71. The Bertz CT molecular complexity index is 1650. The molecule has 2 aromatic rings. The maximum absolute atomic E-state index is 14.4. The summed E-state index contributed by atoms with van der Waals surface area (Å²) in [5, 5.41) is 13.5. The zero-order chi connectivity index (χ0) is 33.7. The van der Waals surface area contributed by atoms with Crippen LogP contribution in [0.3, 0.4) is 0 Å².